The van der Waals surface area contributed by atoms with Crippen LogP contribution in [0, 0.1) is 6.92 Å². The van der Waals surface area contributed by atoms with E-state index >= 15 is 0 Å². The average Bonchev–Trinajstić information content (AvgIpc) is 3.33. The molecule has 2 aliphatic rings. The Balaban J connectivity index is 1.93. The molecule has 30 heavy (non-hydrogen) atoms. The monoisotopic (exact) mass is 453 g/mol. The first kappa shape index (κ1) is 21.1. The van der Waals surface area contributed by atoms with E-state index in [1.54, 1.807) is 28.6 Å². The van der Waals surface area contributed by atoms with Crippen molar-refractivity contribution < 1.29 is 23.1 Å². The molecular formula is C20H24ClN3O5S. The predicted molar refractivity (Wildman–Crippen MR) is 111 cm³/mol. The van der Waals surface area contributed by atoms with Crippen molar-refractivity contribution in [2.75, 3.05) is 24.7 Å². The second-order valence-corrected chi connectivity index (χ2v) is 9.91. The van der Waals surface area contributed by atoms with Crippen molar-refractivity contribution >= 4 is 33.2 Å². The number of carboxylic acids is 1. The second-order valence-electron chi connectivity index (χ2n) is 7.65. The highest BCUT2D eigenvalue weighted by Gasteiger charge is 2.40. The van der Waals surface area contributed by atoms with E-state index in [2.05, 4.69) is 5.10 Å². The standard InChI is InChI=1S/C20H24ClN3O5S/c1-13-18(30(27,28)17-7-3-2-5-15(17)21)19(23-10-4-6-16(23)20(25)26)24(22-13)14-8-11-29-12-9-14/h2-3,5,7,14,16H,4,6,8-12H2,1H3,(H,25,26). The van der Waals surface area contributed by atoms with E-state index in [9.17, 15) is 18.3 Å². The third kappa shape index (κ3) is 3.59. The second kappa shape index (κ2) is 8.20. The summed E-state index contributed by atoms with van der Waals surface area (Å²) in [5.41, 5.74) is 0.340. The zero-order valence-corrected chi connectivity index (χ0v) is 18.2. The van der Waals surface area contributed by atoms with Crippen LogP contribution in [0.2, 0.25) is 5.02 Å². The van der Waals surface area contributed by atoms with Crippen molar-refractivity contribution in [3.05, 3.63) is 35.0 Å². The number of hydrogen-bond acceptors (Lipinski definition) is 6. The first-order valence-corrected chi connectivity index (χ1v) is 11.8. The summed E-state index contributed by atoms with van der Waals surface area (Å²) < 4.78 is 34.5. The van der Waals surface area contributed by atoms with Gasteiger partial charge >= 0.3 is 5.97 Å². The number of carbonyl (C=O) groups is 1. The van der Waals surface area contributed by atoms with Crippen LogP contribution in [0.4, 0.5) is 5.82 Å². The van der Waals surface area contributed by atoms with Gasteiger partial charge in [-0.25, -0.2) is 17.9 Å². The number of hydrogen-bond donors (Lipinski definition) is 1. The summed E-state index contributed by atoms with van der Waals surface area (Å²) in [6.45, 7) is 3.21. The van der Waals surface area contributed by atoms with Gasteiger partial charge in [-0.05, 0) is 44.7 Å². The van der Waals surface area contributed by atoms with Crippen LogP contribution in [0.15, 0.2) is 34.1 Å². The summed E-state index contributed by atoms with van der Waals surface area (Å²) in [5.74, 6) is -0.616. The van der Waals surface area contributed by atoms with Gasteiger partial charge in [0.05, 0.1) is 21.7 Å². The number of carboxylic acid groups (broad SMARTS) is 1. The van der Waals surface area contributed by atoms with Gasteiger partial charge in [0.2, 0.25) is 9.84 Å². The molecule has 1 atom stereocenters. The molecule has 2 aliphatic heterocycles. The van der Waals surface area contributed by atoms with Gasteiger partial charge < -0.3 is 14.7 Å². The Morgan fingerprint density at radius 1 is 1.23 bits per heavy atom. The molecule has 8 nitrogen and oxygen atoms in total. The van der Waals surface area contributed by atoms with Crippen LogP contribution in [0.5, 0.6) is 0 Å². The zero-order chi connectivity index (χ0) is 21.5. The molecule has 1 aromatic carbocycles. The van der Waals surface area contributed by atoms with Gasteiger partial charge in [0.15, 0.2) is 0 Å². The minimum Gasteiger partial charge on any atom is -0.480 e. The van der Waals surface area contributed by atoms with Gasteiger partial charge in [-0.2, -0.15) is 5.10 Å². The molecule has 2 fully saturated rings. The molecule has 0 spiro atoms. The maximum absolute atomic E-state index is 13.7. The van der Waals surface area contributed by atoms with Crippen LogP contribution in [0.1, 0.15) is 37.4 Å². The topological polar surface area (TPSA) is 102 Å². The lowest BCUT2D eigenvalue weighted by molar-refractivity contribution is -0.138. The fourth-order valence-electron chi connectivity index (χ4n) is 4.33. The zero-order valence-electron chi connectivity index (χ0n) is 16.6. The molecule has 2 saturated heterocycles. The van der Waals surface area contributed by atoms with Gasteiger partial charge in [0.25, 0.3) is 0 Å². The van der Waals surface area contributed by atoms with Crippen molar-refractivity contribution in [1.29, 1.82) is 0 Å². The molecule has 3 heterocycles. The molecule has 0 saturated carbocycles. The highest BCUT2D eigenvalue weighted by Crippen LogP contribution is 2.41. The molecule has 0 bridgehead atoms. The SMILES string of the molecule is Cc1nn(C2CCOCC2)c(N2CCCC2C(=O)O)c1S(=O)(=O)c1ccccc1Cl. The van der Waals surface area contributed by atoms with E-state index in [4.69, 9.17) is 16.3 Å². The van der Waals surface area contributed by atoms with Crippen LogP contribution in [-0.4, -0.2) is 55.1 Å². The van der Waals surface area contributed by atoms with E-state index in [0.29, 0.717) is 57.0 Å². The Bertz CT molecular complexity index is 1060. The minimum atomic E-state index is -4.02. The largest absolute Gasteiger partial charge is 0.480 e. The molecule has 2 aromatic rings. The van der Waals surface area contributed by atoms with Gasteiger partial charge in [-0.1, -0.05) is 23.7 Å². The number of halogens is 1. The third-order valence-corrected chi connectivity index (χ3v) is 8.14. The molecule has 0 radical (unpaired) electrons. The molecule has 162 valence electrons. The maximum atomic E-state index is 13.7. The molecule has 1 unspecified atom stereocenters. The van der Waals surface area contributed by atoms with Crippen molar-refractivity contribution in [3.8, 4) is 0 Å². The first-order chi connectivity index (χ1) is 14.3. The Kier molecular flexibility index (Phi) is 5.78. The number of aliphatic carboxylic acids is 1. The van der Waals surface area contributed by atoms with Crippen LogP contribution in [0.25, 0.3) is 0 Å². The van der Waals surface area contributed by atoms with Gasteiger partial charge in [-0.3, -0.25) is 0 Å². The number of aromatic nitrogens is 2. The summed E-state index contributed by atoms with van der Waals surface area (Å²) in [6.07, 6.45) is 2.50. The van der Waals surface area contributed by atoms with Crippen molar-refractivity contribution in [1.82, 2.24) is 9.78 Å². The summed E-state index contributed by atoms with van der Waals surface area (Å²) >= 11 is 6.23. The van der Waals surface area contributed by atoms with Crippen LogP contribution in [0.3, 0.4) is 0 Å². The van der Waals surface area contributed by atoms with Crippen molar-refractivity contribution in [2.45, 2.75) is 54.5 Å². The van der Waals surface area contributed by atoms with E-state index in [1.165, 1.54) is 12.1 Å². The number of nitrogens with zero attached hydrogens (tertiary/aromatic N) is 3. The van der Waals surface area contributed by atoms with Gasteiger partial charge in [-0.15, -0.1) is 0 Å². The smallest absolute Gasteiger partial charge is 0.326 e. The molecule has 10 heteroatoms. The maximum Gasteiger partial charge on any atom is 0.326 e. The van der Waals surface area contributed by atoms with E-state index in [1.807, 2.05) is 0 Å². The normalized spacial score (nSPS) is 20.6. The summed E-state index contributed by atoms with van der Waals surface area (Å²) in [7, 11) is -4.02. The summed E-state index contributed by atoms with van der Waals surface area (Å²) in [5, 5.41) is 14.5. The van der Waals surface area contributed by atoms with E-state index < -0.39 is 21.8 Å². The highest BCUT2D eigenvalue weighted by atomic mass is 35.5. The van der Waals surface area contributed by atoms with E-state index in [-0.39, 0.29) is 20.9 Å². The number of benzene rings is 1. The number of ether oxygens (including phenoxy) is 1. The number of anilines is 1. The first-order valence-electron chi connectivity index (χ1n) is 9.98. The highest BCUT2D eigenvalue weighted by molar-refractivity contribution is 7.91. The molecule has 1 aromatic heterocycles. The Morgan fingerprint density at radius 2 is 1.93 bits per heavy atom. The lowest BCUT2D eigenvalue weighted by Crippen LogP contribution is -2.39. The molecule has 0 amide bonds. The minimum absolute atomic E-state index is 0.00591. The lowest BCUT2D eigenvalue weighted by atomic mass is 10.1. The number of sulfone groups is 1. The summed E-state index contributed by atoms with van der Waals surface area (Å²) in [4.78, 5) is 13.6. The average molecular weight is 454 g/mol. The lowest BCUT2D eigenvalue weighted by Gasteiger charge is -2.30. The molecule has 0 aliphatic carbocycles. The predicted octanol–water partition coefficient (Wildman–Crippen LogP) is 3.08. The Morgan fingerprint density at radius 3 is 2.60 bits per heavy atom. The van der Waals surface area contributed by atoms with E-state index in [0.717, 1.165) is 0 Å². The fraction of sp³-hybridized carbons (Fsp3) is 0.500. The fourth-order valence-corrected chi connectivity index (χ4v) is 6.45. The quantitative estimate of drug-likeness (QED) is 0.742. The molecule has 4 rings (SSSR count). The Labute approximate surface area is 180 Å². The van der Waals surface area contributed by atoms with Crippen LogP contribution in [-0.2, 0) is 19.4 Å². The van der Waals surface area contributed by atoms with Crippen molar-refractivity contribution in [3.63, 3.8) is 0 Å². The number of aryl methyl sites for hydroxylation is 1. The van der Waals surface area contributed by atoms with Gasteiger partial charge in [0.1, 0.15) is 16.8 Å². The van der Waals surface area contributed by atoms with Crippen LogP contribution >= 0.6 is 11.6 Å². The third-order valence-electron chi connectivity index (χ3n) is 5.75. The molecular weight excluding hydrogens is 430 g/mol. The Hall–Kier alpha value is -2.10. The summed E-state index contributed by atoms with van der Waals surface area (Å²) in [6, 6.07) is 5.43. The molecule has 1 N–H and O–H groups in total. The van der Waals surface area contributed by atoms with Gasteiger partial charge in [0, 0.05) is 19.8 Å². The van der Waals surface area contributed by atoms with Crippen LogP contribution < -0.4 is 4.90 Å². The van der Waals surface area contributed by atoms with Crippen molar-refractivity contribution in [2.24, 2.45) is 0 Å². The number of rotatable bonds is 5.